The van der Waals surface area contributed by atoms with Gasteiger partial charge in [0.15, 0.2) is 5.82 Å². The molecule has 4 rings (SSSR count). The Morgan fingerprint density at radius 1 is 0.792 bits per heavy atom. The molecule has 120 valence electrons. The Morgan fingerprint density at radius 3 is 2.38 bits per heavy atom. The Hall–Kier alpha value is -2.80. The molecule has 0 unspecified atom stereocenters. The van der Waals surface area contributed by atoms with Crippen molar-refractivity contribution in [2.45, 2.75) is 19.4 Å². The molecule has 3 aromatic heterocycles. The van der Waals surface area contributed by atoms with Crippen molar-refractivity contribution in [3.63, 3.8) is 0 Å². The third-order valence-corrected chi connectivity index (χ3v) is 4.17. The van der Waals surface area contributed by atoms with Crippen LogP contribution in [-0.4, -0.2) is 47.9 Å². The molecule has 0 aromatic carbocycles. The van der Waals surface area contributed by atoms with Gasteiger partial charge in [-0.2, -0.15) is 0 Å². The van der Waals surface area contributed by atoms with E-state index in [0.717, 1.165) is 43.6 Å². The zero-order valence-corrected chi connectivity index (χ0v) is 13.2. The molecule has 0 spiro atoms. The third-order valence-electron chi connectivity index (χ3n) is 4.17. The van der Waals surface area contributed by atoms with Crippen LogP contribution in [-0.2, 0) is 19.4 Å². The highest BCUT2D eigenvalue weighted by Gasteiger charge is 2.15. The van der Waals surface area contributed by atoms with Gasteiger partial charge in [-0.25, -0.2) is 29.9 Å². The highest BCUT2D eigenvalue weighted by molar-refractivity contribution is 5.50. The smallest absolute Gasteiger partial charge is 0.162 e. The van der Waals surface area contributed by atoms with E-state index in [1.807, 2.05) is 18.6 Å². The van der Waals surface area contributed by atoms with Gasteiger partial charge in [-0.15, -0.1) is 0 Å². The zero-order chi connectivity index (χ0) is 16.2. The highest BCUT2D eigenvalue weighted by Crippen LogP contribution is 2.15. The van der Waals surface area contributed by atoms with Crippen LogP contribution in [0.1, 0.15) is 16.8 Å². The minimum absolute atomic E-state index is 0.651. The molecule has 0 bridgehead atoms. The summed E-state index contributed by atoms with van der Waals surface area (Å²) in [7, 11) is 0. The highest BCUT2D eigenvalue weighted by atomic mass is 15.1. The molecule has 3 aromatic rings. The van der Waals surface area contributed by atoms with Crippen molar-refractivity contribution < 1.29 is 0 Å². The lowest BCUT2D eigenvalue weighted by atomic mass is 10.1. The monoisotopic (exact) mass is 319 g/mol. The van der Waals surface area contributed by atoms with Gasteiger partial charge in [-0.3, -0.25) is 4.90 Å². The van der Waals surface area contributed by atoms with E-state index >= 15 is 0 Å². The fourth-order valence-corrected chi connectivity index (χ4v) is 2.89. The molecular formula is C17H17N7. The molecule has 1 aliphatic rings. The fourth-order valence-electron chi connectivity index (χ4n) is 2.89. The first-order valence-corrected chi connectivity index (χ1v) is 7.95. The van der Waals surface area contributed by atoms with Crippen LogP contribution in [0.3, 0.4) is 0 Å². The molecule has 24 heavy (non-hydrogen) atoms. The summed E-state index contributed by atoms with van der Waals surface area (Å²) < 4.78 is 0. The first-order chi connectivity index (χ1) is 11.9. The van der Waals surface area contributed by atoms with Crippen LogP contribution < -0.4 is 0 Å². The molecule has 0 N–H and O–H groups in total. The van der Waals surface area contributed by atoms with Crippen LogP contribution in [0.2, 0.25) is 0 Å². The Bertz CT molecular complexity index is 778. The van der Waals surface area contributed by atoms with Crippen LogP contribution in [0.15, 0.2) is 43.6 Å². The summed E-state index contributed by atoms with van der Waals surface area (Å²) in [6.07, 6.45) is 14.2. The average molecular weight is 319 g/mol. The van der Waals surface area contributed by atoms with Crippen LogP contribution >= 0.6 is 0 Å². The average Bonchev–Trinajstić information content (AvgIpc) is 2.86. The molecule has 7 heteroatoms. The van der Waals surface area contributed by atoms with E-state index in [0.29, 0.717) is 5.82 Å². The second-order valence-electron chi connectivity index (χ2n) is 5.81. The van der Waals surface area contributed by atoms with Crippen molar-refractivity contribution in [1.29, 1.82) is 0 Å². The molecule has 0 saturated carbocycles. The van der Waals surface area contributed by atoms with Gasteiger partial charge in [-0.1, -0.05) is 0 Å². The van der Waals surface area contributed by atoms with Crippen molar-refractivity contribution in [2.75, 3.05) is 13.1 Å². The molecule has 0 radical (unpaired) electrons. The lowest BCUT2D eigenvalue weighted by molar-refractivity contribution is 0.278. The first kappa shape index (κ1) is 14.8. The van der Waals surface area contributed by atoms with Gasteiger partial charge in [0, 0.05) is 68.3 Å². The topological polar surface area (TPSA) is 80.6 Å². The lowest BCUT2D eigenvalue weighted by Crippen LogP contribution is -2.26. The van der Waals surface area contributed by atoms with Crippen LogP contribution in [0, 0.1) is 0 Å². The third kappa shape index (κ3) is 3.26. The summed E-state index contributed by atoms with van der Waals surface area (Å²) in [5.41, 5.74) is 4.36. The van der Waals surface area contributed by atoms with E-state index < -0.39 is 0 Å². The van der Waals surface area contributed by atoms with E-state index in [2.05, 4.69) is 34.8 Å². The van der Waals surface area contributed by atoms with Gasteiger partial charge < -0.3 is 0 Å². The quantitative estimate of drug-likeness (QED) is 0.720. The van der Waals surface area contributed by atoms with Crippen molar-refractivity contribution in [3.8, 4) is 11.4 Å². The maximum atomic E-state index is 4.44. The molecule has 0 saturated heterocycles. The van der Waals surface area contributed by atoms with Gasteiger partial charge in [0.2, 0.25) is 0 Å². The van der Waals surface area contributed by atoms with E-state index in [1.54, 1.807) is 18.7 Å². The van der Waals surface area contributed by atoms with Crippen LogP contribution in [0.4, 0.5) is 0 Å². The van der Waals surface area contributed by atoms with Gasteiger partial charge in [0.05, 0.1) is 5.56 Å². The number of hydrogen-bond donors (Lipinski definition) is 0. The van der Waals surface area contributed by atoms with Crippen molar-refractivity contribution in [2.24, 2.45) is 0 Å². The van der Waals surface area contributed by atoms with E-state index in [-0.39, 0.29) is 0 Å². The van der Waals surface area contributed by atoms with E-state index in [4.69, 9.17) is 0 Å². The van der Waals surface area contributed by atoms with Crippen molar-refractivity contribution >= 4 is 0 Å². The van der Waals surface area contributed by atoms with Gasteiger partial charge >= 0.3 is 0 Å². The minimum atomic E-state index is 0.651. The summed E-state index contributed by atoms with van der Waals surface area (Å²) in [5, 5.41) is 0. The summed E-state index contributed by atoms with van der Waals surface area (Å²) in [6.45, 7) is 2.82. The van der Waals surface area contributed by atoms with E-state index in [1.165, 1.54) is 17.6 Å². The Balaban J connectivity index is 1.43. The van der Waals surface area contributed by atoms with Crippen LogP contribution in [0.25, 0.3) is 11.4 Å². The number of rotatable bonds is 3. The normalized spacial score (nSPS) is 14.8. The molecule has 1 aliphatic heterocycles. The molecule has 4 heterocycles. The zero-order valence-electron chi connectivity index (χ0n) is 13.2. The predicted molar refractivity (Wildman–Crippen MR) is 87.8 cm³/mol. The molecule has 0 amide bonds. The maximum absolute atomic E-state index is 4.44. The Morgan fingerprint density at radius 2 is 1.54 bits per heavy atom. The second kappa shape index (κ2) is 6.76. The minimum Gasteiger partial charge on any atom is -0.298 e. The predicted octanol–water partition coefficient (Wildman–Crippen LogP) is 1.32. The van der Waals surface area contributed by atoms with Crippen LogP contribution in [0.5, 0.6) is 0 Å². The number of nitrogens with zero attached hydrogens (tertiary/aromatic N) is 7. The summed E-state index contributed by atoms with van der Waals surface area (Å²) in [4.78, 5) is 27.8. The van der Waals surface area contributed by atoms with Gasteiger partial charge in [-0.05, 0) is 12.0 Å². The molecule has 7 nitrogen and oxygen atoms in total. The SMILES string of the molecule is c1ncc(-c2ncc(CN3CCc4cncnc4CC3)cn2)cn1. The van der Waals surface area contributed by atoms with Crippen molar-refractivity contribution in [3.05, 3.63) is 60.5 Å². The van der Waals surface area contributed by atoms with E-state index in [9.17, 15) is 0 Å². The van der Waals surface area contributed by atoms with Gasteiger partial charge in [0.25, 0.3) is 0 Å². The standard InChI is InChI=1S/C17H17N7/c1-3-24(4-2-16-14(1)7-20-12-23-16)10-13-5-21-17(22-6-13)15-8-18-11-19-9-15/h5-9,11-12H,1-4,10H2. The Labute approximate surface area is 139 Å². The second-order valence-corrected chi connectivity index (χ2v) is 5.81. The molecule has 0 atom stereocenters. The number of aromatic nitrogens is 6. The van der Waals surface area contributed by atoms with Gasteiger partial charge in [0.1, 0.15) is 12.7 Å². The molecule has 0 fully saturated rings. The summed E-state index contributed by atoms with van der Waals surface area (Å²) in [6, 6.07) is 0. The lowest BCUT2D eigenvalue weighted by Gasteiger charge is -2.19. The number of hydrogen-bond acceptors (Lipinski definition) is 7. The fraction of sp³-hybridized carbons (Fsp3) is 0.294. The van der Waals surface area contributed by atoms with Crippen molar-refractivity contribution in [1.82, 2.24) is 34.8 Å². The molecule has 0 aliphatic carbocycles. The Kier molecular flexibility index (Phi) is 4.16. The summed E-state index contributed by atoms with van der Waals surface area (Å²) in [5.74, 6) is 0.651. The maximum Gasteiger partial charge on any atom is 0.162 e. The number of fused-ring (bicyclic) bond motifs is 1. The summed E-state index contributed by atoms with van der Waals surface area (Å²) >= 11 is 0. The molecular weight excluding hydrogens is 302 g/mol. The first-order valence-electron chi connectivity index (χ1n) is 7.95. The largest absolute Gasteiger partial charge is 0.298 e.